The van der Waals surface area contributed by atoms with Gasteiger partial charge < -0.3 is 5.11 Å². The van der Waals surface area contributed by atoms with Crippen LogP contribution in [0, 0.1) is 11.6 Å². The second kappa shape index (κ2) is 5.47. The van der Waals surface area contributed by atoms with Gasteiger partial charge in [-0.25, -0.2) is 8.78 Å². The first-order valence-corrected chi connectivity index (χ1v) is 5.45. The third-order valence-electron chi connectivity index (χ3n) is 2.41. The van der Waals surface area contributed by atoms with Gasteiger partial charge in [0.2, 0.25) is 0 Å². The summed E-state index contributed by atoms with van der Waals surface area (Å²) in [5.74, 6) is -2.45. The molecule has 0 radical (unpaired) electrons. The van der Waals surface area contributed by atoms with Crippen molar-refractivity contribution in [2.75, 3.05) is 0 Å². The zero-order chi connectivity index (χ0) is 13.8. The molecule has 2 rings (SSSR count). The molecule has 0 aromatic carbocycles. The Hall–Kier alpha value is -2.44. The number of carbonyl (C=O) groups is 1. The van der Waals surface area contributed by atoms with E-state index in [1.807, 2.05) is 0 Å². The molecule has 0 amide bonds. The molecular weight excluding hydrogens is 256 g/mol. The number of rotatable bonds is 4. The van der Waals surface area contributed by atoms with Crippen molar-refractivity contribution in [2.24, 2.45) is 0 Å². The lowest BCUT2D eigenvalue weighted by atomic mass is 10.2. The molecule has 0 fully saturated rings. The van der Waals surface area contributed by atoms with E-state index < -0.39 is 17.6 Å². The molecular formula is C12H10F2N3O2+. The summed E-state index contributed by atoms with van der Waals surface area (Å²) in [6.07, 6.45) is 3.73. The van der Waals surface area contributed by atoms with E-state index in [4.69, 9.17) is 5.11 Å². The lowest BCUT2D eigenvalue weighted by Crippen LogP contribution is -2.38. The number of halogens is 2. The average molecular weight is 266 g/mol. The summed E-state index contributed by atoms with van der Waals surface area (Å²) in [7, 11) is 0. The number of hydrogen-bond acceptors (Lipinski definition) is 3. The number of hydrogen-bond donors (Lipinski definition) is 1. The summed E-state index contributed by atoms with van der Waals surface area (Å²) in [4.78, 5) is 14.1. The Morgan fingerprint density at radius 2 is 2.16 bits per heavy atom. The lowest BCUT2D eigenvalue weighted by molar-refractivity contribution is -0.752. The predicted molar refractivity (Wildman–Crippen MR) is 59.8 cm³/mol. The van der Waals surface area contributed by atoms with E-state index in [0.29, 0.717) is 5.56 Å². The minimum Gasteiger partial charge on any atom is -0.481 e. The summed E-state index contributed by atoms with van der Waals surface area (Å²) >= 11 is 0. The van der Waals surface area contributed by atoms with Crippen LogP contribution in [0.5, 0.6) is 0 Å². The number of aliphatic carboxylic acids is 1. The second-order valence-corrected chi connectivity index (χ2v) is 3.81. The Bertz CT molecular complexity index is 602. The monoisotopic (exact) mass is 266 g/mol. The van der Waals surface area contributed by atoms with Gasteiger partial charge in [-0.3, -0.25) is 9.78 Å². The van der Waals surface area contributed by atoms with Gasteiger partial charge in [0.25, 0.3) is 0 Å². The molecule has 0 aliphatic heterocycles. The second-order valence-electron chi connectivity index (χ2n) is 3.81. The van der Waals surface area contributed by atoms with Crippen molar-refractivity contribution in [3.63, 3.8) is 0 Å². The summed E-state index contributed by atoms with van der Waals surface area (Å²) in [6.45, 7) is 0.217. The van der Waals surface area contributed by atoms with Crippen LogP contribution in [0.15, 0.2) is 30.7 Å². The molecule has 0 saturated heterocycles. The molecule has 0 aliphatic carbocycles. The molecule has 1 N–H and O–H groups in total. The maximum atomic E-state index is 13.5. The van der Waals surface area contributed by atoms with E-state index in [-0.39, 0.29) is 18.7 Å². The van der Waals surface area contributed by atoms with Gasteiger partial charge in [0.05, 0.1) is 6.20 Å². The fourth-order valence-electron chi connectivity index (χ4n) is 1.49. The number of aryl methyl sites for hydroxylation is 1. The van der Waals surface area contributed by atoms with Crippen LogP contribution in [0.25, 0.3) is 11.3 Å². The maximum absolute atomic E-state index is 13.5. The van der Waals surface area contributed by atoms with Gasteiger partial charge in [-0.2, -0.15) is 0 Å². The van der Waals surface area contributed by atoms with Crippen molar-refractivity contribution in [3.05, 3.63) is 42.4 Å². The molecule has 0 aliphatic rings. The zero-order valence-corrected chi connectivity index (χ0v) is 9.75. The van der Waals surface area contributed by atoms with Crippen LogP contribution in [0.2, 0.25) is 0 Å². The topological polar surface area (TPSA) is 67.0 Å². The van der Waals surface area contributed by atoms with Gasteiger partial charge in [-0.05, 0) is 5.10 Å². The van der Waals surface area contributed by atoms with Gasteiger partial charge in [0.1, 0.15) is 24.1 Å². The smallest absolute Gasteiger partial charge is 0.309 e. The first-order chi connectivity index (χ1) is 9.06. The molecule has 2 aromatic rings. The van der Waals surface area contributed by atoms with Crippen LogP contribution in [-0.4, -0.2) is 21.2 Å². The minimum atomic E-state index is -0.926. The van der Waals surface area contributed by atoms with Gasteiger partial charge in [-0.1, -0.05) is 4.68 Å². The Kier molecular flexibility index (Phi) is 3.74. The molecule has 0 spiro atoms. The van der Waals surface area contributed by atoms with Gasteiger partial charge >= 0.3 is 5.97 Å². The molecule has 0 unspecified atom stereocenters. The third kappa shape index (κ3) is 3.27. The van der Waals surface area contributed by atoms with E-state index in [1.165, 1.54) is 23.1 Å². The summed E-state index contributed by atoms with van der Waals surface area (Å²) in [6, 6.07) is 2.28. The number of pyridine rings is 1. The van der Waals surface area contributed by atoms with Crippen LogP contribution < -0.4 is 4.68 Å². The van der Waals surface area contributed by atoms with Crippen molar-refractivity contribution in [1.29, 1.82) is 0 Å². The van der Waals surface area contributed by atoms with Crippen molar-refractivity contribution >= 4 is 5.97 Å². The Morgan fingerprint density at radius 3 is 2.74 bits per heavy atom. The van der Waals surface area contributed by atoms with Crippen molar-refractivity contribution in [1.82, 2.24) is 10.1 Å². The number of carboxylic acid groups (broad SMARTS) is 1. The molecule has 0 atom stereocenters. The summed E-state index contributed by atoms with van der Waals surface area (Å²) in [5.41, 5.74) is 0.392. The zero-order valence-electron chi connectivity index (χ0n) is 9.75. The van der Waals surface area contributed by atoms with Gasteiger partial charge in [-0.15, -0.1) is 0 Å². The summed E-state index contributed by atoms with van der Waals surface area (Å²) in [5, 5.41) is 12.5. The Morgan fingerprint density at radius 1 is 1.37 bits per heavy atom. The molecule has 2 heterocycles. The van der Waals surface area contributed by atoms with Crippen LogP contribution in [0.1, 0.15) is 6.42 Å². The highest BCUT2D eigenvalue weighted by Gasteiger charge is 2.11. The fraction of sp³-hybridized carbons (Fsp3) is 0.167. The van der Waals surface area contributed by atoms with Crippen LogP contribution >= 0.6 is 0 Å². The van der Waals surface area contributed by atoms with E-state index in [1.54, 1.807) is 0 Å². The predicted octanol–water partition coefficient (Wildman–Crippen LogP) is 1.18. The van der Waals surface area contributed by atoms with E-state index in [2.05, 4.69) is 10.1 Å². The lowest BCUT2D eigenvalue weighted by Gasteiger charge is -2.00. The van der Waals surface area contributed by atoms with Gasteiger partial charge in [0.15, 0.2) is 18.6 Å². The Balaban J connectivity index is 2.20. The highest BCUT2D eigenvalue weighted by molar-refractivity contribution is 5.66. The minimum absolute atomic E-state index is 0.000662. The largest absolute Gasteiger partial charge is 0.481 e. The van der Waals surface area contributed by atoms with Crippen molar-refractivity contribution in [2.45, 2.75) is 13.0 Å². The first-order valence-electron chi connectivity index (χ1n) is 5.45. The molecule has 19 heavy (non-hydrogen) atoms. The standard InChI is InChI=1S/C12H9F2N3O2/c13-9-5-10(14)12(15-7-9)8-1-3-17(16-6-8)4-2-11(18)19/h1,3,5-7H,2,4H2/p+1. The quantitative estimate of drug-likeness (QED) is 0.844. The molecule has 5 nitrogen and oxygen atoms in total. The summed E-state index contributed by atoms with van der Waals surface area (Å²) < 4.78 is 27.6. The fourth-order valence-corrected chi connectivity index (χ4v) is 1.49. The van der Waals surface area contributed by atoms with Crippen LogP contribution in [-0.2, 0) is 11.3 Å². The van der Waals surface area contributed by atoms with Crippen molar-refractivity contribution in [3.8, 4) is 11.3 Å². The molecule has 2 aromatic heterocycles. The van der Waals surface area contributed by atoms with Gasteiger partial charge in [0, 0.05) is 17.7 Å². The number of carboxylic acids is 1. The Labute approximate surface area is 107 Å². The van der Waals surface area contributed by atoms with Crippen molar-refractivity contribution < 1.29 is 23.4 Å². The van der Waals surface area contributed by atoms with E-state index in [0.717, 1.165) is 12.3 Å². The number of nitrogens with zero attached hydrogens (tertiary/aromatic N) is 3. The first kappa shape index (κ1) is 13.0. The van der Waals surface area contributed by atoms with Crippen LogP contribution in [0.4, 0.5) is 8.78 Å². The molecule has 98 valence electrons. The normalized spacial score (nSPS) is 10.4. The van der Waals surface area contributed by atoms with E-state index in [9.17, 15) is 13.6 Å². The van der Waals surface area contributed by atoms with Crippen LogP contribution in [0.3, 0.4) is 0 Å². The molecule has 7 heteroatoms. The number of aromatic nitrogens is 3. The third-order valence-corrected chi connectivity index (χ3v) is 2.41. The van der Waals surface area contributed by atoms with E-state index >= 15 is 0 Å². The SMILES string of the molecule is O=C(O)CC[n+]1ccc(-c2ncc(F)cc2F)cn1. The average Bonchev–Trinajstić information content (AvgIpc) is 2.37. The maximum Gasteiger partial charge on any atom is 0.309 e. The molecule has 0 bridgehead atoms. The highest BCUT2D eigenvalue weighted by atomic mass is 19.1. The highest BCUT2D eigenvalue weighted by Crippen LogP contribution is 2.18. The molecule has 0 saturated carbocycles.